The van der Waals surface area contributed by atoms with E-state index in [-0.39, 0.29) is 5.91 Å². The predicted molar refractivity (Wildman–Crippen MR) is 135 cm³/mol. The second kappa shape index (κ2) is 11.4. The first-order valence-corrected chi connectivity index (χ1v) is 11.7. The third-order valence-electron chi connectivity index (χ3n) is 5.66. The second-order valence-electron chi connectivity index (χ2n) is 8.11. The average Bonchev–Trinajstić information content (AvgIpc) is 2.84. The summed E-state index contributed by atoms with van der Waals surface area (Å²) in [5.74, 6) is -0.257. The fraction of sp³-hybridized carbons (Fsp3) is 0.231. The number of hydrazone groups is 1. The van der Waals surface area contributed by atoms with E-state index in [0.29, 0.717) is 15.6 Å². The van der Waals surface area contributed by atoms with Gasteiger partial charge in [0.05, 0.1) is 16.3 Å². The van der Waals surface area contributed by atoms with Gasteiger partial charge in [0.2, 0.25) is 0 Å². The molecule has 0 saturated carbocycles. The summed E-state index contributed by atoms with van der Waals surface area (Å²) in [6.45, 7) is 6.10. The molecule has 1 fully saturated rings. The van der Waals surface area contributed by atoms with Crippen molar-refractivity contribution in [2.24, 2.45) is 5.10 Å². The van der Waals surface area contributed by atoms with E-state index in [2.05, 4.69) is 50.7 Å². The van der Waals surface area contributed by atoms with Crippen molar-refractivity contribution in [2.75, 3.05) is 26.2 Å². The summed E-state index contributed by atoms with van der Waals surface area (Å²) in [6.07, 6.45) is 1.53. The Morgan fingerprint density at radius 3 is 2.03 bits per heavy atom. The molecule has 1 heterocycles. The van der Waals surface area contributed by atoms with Gasteiger partial charge >= 0.3 is 0 Å². The molecule has 1 amide bonds. The van der Waals surface area contributed by atoms with Crippen LogP contribution in [0.1, 0.15) is 27.0 Å². The maximum Gasteiger partial charge on any atom is 0.271 e. The van der Waals surface area contributed by atoms with E-state index in [1.165, 1.54) is 17.3 Å². The number of piperazine rings is 1. The van der Waals surface area contributed by atoms with Crippen molar-refractivity contribution in [3.8, 4) is 0 Å². The maximum absolute atomic E-state index is 12.4. The summed E-state index contributed by atoms with van der Waals surface area (Å²) in [7, 11) is 0. The number of hydrogen-bond donors (Lipinski definition) is 1. The Kier molecular flexibility index (Phi) is 8.13. The molecule has 1 N–H and O–H groups in total. The molecule has 5 nitrogen and oxygen atoms in total. The molecular formula is C26H26Cl2N4O. The number of nitrogens with zero attached hydrogens (tertiary/aromatic N) is 3. The van der Waals surface area contributed by atoms with Crippen LogP contribution in [0.25, 0.3) is 0 Å². The van der Waals surface area contributed by atoms with Gasteiger partial charge in [-0.15, -0.1) is 0 Å². The van der Waals surface area contributed by atoms with E-state index >= 15 is 0 Å². The van der Waals surface area contributed by atoms with Crippen LogP contribution < -0.4 is 5.43 Å². The van der Waals surface area contributed by atoms with Crippen LogP contribution in [0.4, 0.5) is 0 Å². The van der Waals surface area contributed by atoms with Gasteiger partial charge in [0, 0.05) is 44.8 Å². The molecule has 3 aromatic rings. The minimum atomic E-state index is -0.257. The highest BCUT2D eigenvalue weighted by molar-refractivity contribution is 6.42. The molecule has 7 heteroatoms. The van der Waals surface area contributed by atoms with E-state index in [1.54, 1.807) is 18.2 Å². The van der Waals surface area contributed by atoms with Crippen LogP contribution in [0.15, 0.2) is 77.9 Å². The topological polar surface area (TPSA) is 47.9 Å². The first kappa shape index (κ1) is 23.5. The predicted octanol–water partition coefficient (Wildman–Crippen LogP) is 5.08. The molecule has 33 heavy (non-hydrogen) atoms. The molecule has 1 saturated heterocycles. The van der Waals surface area contributed by atoms with Crippen molar-refractivity contribution in [3.63, 3.8) is 0 Å². The number of halogens is 2. The van der Waals surface area contributed by atoms with Crippen LogP contribution in [-0.2, 0) is 13.1 Å². The molecule has 0 spiro atoms. The van der Waals surface area contributed by atoms with E-state index < -0.39 is 0 Å². The van der Waals surface area contributed by atoms with Crippen molar-refractivity contribution in [1.29, 1.82) is 0 Å². The summed E-state index contributed by atoms with van der Waals surface area (Å²) < 4.78 is 0. The van der Waals surface area contributed by atoms with Crippen molar-refractivity contribution in [2.45, 2.75) is 13.1 Å². The Labute approximate surface area is 204 Å². The highest BCUT2D eigenvalue weighted by atomic mass is 35.5. The molecule has 3 aromatic carbocycles. The lowest BCUT2D eigenvalue weighted by atomic mass is 10.1. The van der Waals surface area contributed by atoms with Gasteiger partial charge in [-0.25, -0.2) is 5.43 Å². The van der Waals surface area contributed by atoms with Crippen LogP contribution in [0.2, 0.25) is 10.0 Å². The quantitative estimate of drug-likeness (QED) is 0.379. The summed E-state index contributed by atoms with van der Waals surface area (Å²) in [5, 5.41) is 4.93. The minimum absolute atomic E-state index is 0.257. The van der Waals surface area contributed by atoms with E-state index in [0.717, 1.165) is 44.8 Å². The summed E-state index contributed by atoms with van der Waals surface area (Å²) in [5.41, 5.74) is 6.43. The number of rotatable bonds is 7. The molecule has 1 aliphatic rings. The molecule has 1 aliphatic heterocycles. The second-order valence-corrected chi connectivity index (χ2v) is 8.92. The average molecular weight is 481 g/mol. The molecule has 4 rings (SSSR count). The van der Waals surface area contributed by atoms with Crippen molar-refractivity contribution in [3.05, 3.63) is 105 Å². The maximum atomic E-state index is 12.4. The SMILES string of the molecule is O=C(N/N=C\c1ccc(Cl)c(Cl)c1)c1ccc(CN2CCN(Cc3ccccc3)CC2)cc1. The zero-order valence-corrected chi connectivity index (χ0v) is 19.8. The van der Waals surface area contributed by atoms with Gasteiger partial charge in [0.25, 0.3) is 5.91 Å². The summed E-state index contributed by atoms with van der Waals surface area (Å²) >= 11 is 11.9. The number of nitrogens with one attached hydrogen (secondary N) is 1. The van der Waals surface area contributed by atoms with Crippen molar-refractivity contribution in [1.82, 2.24) is 15.2 Å². The molecule has 0 atom stereocenters. The fourth-order valence-electron chi connectivity index (χ4n) is 3.79. The van der Waals surface area contributed by atoms with Gasteiger partial charge in [-0.05, 0) is 41.0 Å². The van der Waals surface area contributed by atoms with Crippen LogP contribution in [0, 0.1) is 0 Å². The van der Waals surface area contributed by atoms with E-state index in [4.69, 9.17) is 23.2 Å². The zero-order chi connectivity index (χ0) is 23.0. The first-order chi connectivity index (χ1) is 16.1. The zero-order valence-electron chi connectivity index (χ0n) is 18.3. The number of amides is 1. The van der Waals surface area contributed by atoms with Crippen molar-refractivity contribution < 1.29 is 4.79 Å². The lowest BCUT2D eigenvalue weighted by molar-refractivity contribution is 0.0955. The number of carbonyl (C=O) groups is 1. The third kappa shape index (κ3) is 6.89. The monoisotopic (exact) mass is 480 g/mol. The van der Waals surface area contributed by atoms with E-state index in [1.807, 2.05) is 24.3 Å². The van der Waals surface area contributed by atoms with Gasteiger partial charge in [-0.2, -0.15) is 5.10 Å². The summed E-state index contributed by atoms with van der Waals surface area (Å²) in [6, 6.07) is 23.5. The molecule has 170 valence electrons. The molecule has 0 radical (unpaired) electrons. The fourth-order valence-corrected chi connectivity index (χ4v) is 4.10. The van der Waals surface area contributed by atoms with Crippen LogP contribution >= 0.6 is 23.2 Å². The van der Waals surface area contributed by atoms with Gasteiger partial charge < -0.3 is 0 Å². The Morgan fingerprint density at radius 1 is 0.818 bits per heavy atom. The minimum Gasteiger partial charge on any atom is -0.297 e. The van der Waals surface area contributed by atoms with Crippen LogP contribution in [0.3, 0.4) is 0 Å². The molecular weight excluding hydrogens is 455 g/mol. The number of benzene rings is 3. The van der Waals surface area contributed by atoms with Crippen LogP contribution in [0.5, 0.6) is 0 Å². The molecule has 0 unspecified atom stereocenters. The van der Waals surface area contributed by atoms with Crippen molar-refractivity contribution >= 4 is 35.3 Å². The highest BCUT2D eigenvalue weighted by Gasteiger charge is 2.17. The highest BCUT2D eigenvalue weighted by Crippen LogP contribution is 2.21. The normalized spacial score (nSPS) is 15.1. The van der Waals surface area contributed by atoms with E-state index in [9.17, 15) is 4.79 Å². The Morgan fingerprint density at radius 2 is 1.42 bits per heavy atom. The van der Waals surface area contributed by atoms with Gasteiger partial charge in [-0.3, -0.25) is 14.6 Å². The standard InChI is InChI=1S/C26H26Cl2N4O/c27-24-11-8-22(16-25(24)28)17-29-30-26(33)23-9-6-21(7-10-23)19-32-14-12-31(13-15-32)18-20-4-2-1-3-5-20/h1-11,16-17H,12-15,18-19H2,(H,30,33)/b29-17-. The van der Waals surface area contributed by atoms with Gasteiger partial charge in [0.1, 0.15) is 0 Å². The lowest BCUT2D eigenvalue weighted by Gasteiger charge is -2.34. The number of hydrogen-bond acceptors (Lipinski definition) is 4. The summed E-state index contributed by atoms with van der Waals surface area (Å²) in [4.78, 5) is 17.3. The first-order valence-electron chi connectivity index (χ1n) is 10.9. The molecule has 0 aromatic heterocycles. The van der Waals surface area contributed by atoms with Gasteiger partial charge in [0.15, 0.2) is 0 Å². The Hall–Kier alpha value is -2.70. The Balaban J connectivity index is 1.23. The lowest BCUT2D eigenvalue weighted by Crippen LogP contribution is -2.45. The molecule has 0 bridgehead atoms. The van der Waals surface area contributed by atoms with Gasteiger partial charge in [-0.1, -0.05) is 71.7 Å². The van der Waals surface area contributed by atoms with Crippen LogP contribution in [-0.4, -0.2) is 48.1 Å². The number of carbonyl (C=O) groups excluding carboxylic acids is 1. The third-order valence-corrected chi connectivity index (χ3v) is 6.40. The Bertz CT molecular complexity index is 1100. The molecule has 0 aliphatic carbocycles. The smallest absolute Gasteiger partial charge is 0.271 e. The largest absolute Gasteiger partial charge is 0.297 e.